The summed E-state index contributed by atoms with van der Waals surface area (Å²) in [5.41, 5.74) is 5.14. The summed E-state index contributed by atoms with van der Waals surface area (Å²) in [6, 6.07) is 0.488. The van der Waals surface area contributed by atoms with Crippen LogP contribution in [0.1, 0.15) is 32.6 Å². The first-order valence-corrected chi connectivity index (χ1v) is 6.75. The summed E-state index contributed by atoms with van der Waals surface area (Å²) < 4.78 is 0. The normalized spacial score (nSPS) is 29.3. The van der Waals surface area contributed by atoms with Crippen molar-refractivity contribution in [2.45, 2.75) is 44.2 Å². The zero-order valence-corrected chi connectivity index (χ0v) is 11.6. The van der Waals surface area contributed by atoms with E-state index in [1.165, 1.54) is 25.7 Å². The summed E-state index contributed by atoms with van der Waals surface area (Å²) in [7, 11) is 3.97. The lowest BCUT2D eigenvalue weighted by Gasteiger charge is -2.35. The lowest BCUT2D eigenvalue weighted by molar-refractivity contribution is 0.0279. The van der Waals surface area contributed by atoms with Gasteiger partial charge in [-0.05, 0) is 46.3 Å². The molecule has 0 aromatic rings. The van der Waals surface area contributed by atoms with Crippen molar-refractivity contribution in [1.82, 2.24) is 10.2 Å². The van der Waals surface area contributed by atoms with Crippen molar-refractivity contribution >= 4 is 0 Å². The number of rotatable bonds is 6. The predicted octanol–water partition coefficient (Wildman–Crippen LogP) is 0.406. The first kappa shape index (κ1) is 14.9. The molecule has 0 saturated heterocycles. The highest BCUT2D eigenvalue weighted by Crippen LogP contribution is 2.23. The Morgan fingerprint density at radius 2 is 2.00 bits per heavy atom. The third-order valence-electron chi connectivity index (χ3n) is 3.61. The fourth-order valence-corrected chi connectivity index (χ4v) is 2.85. The van der Waals surface area contributed by atoms with Gasteiger partial charge in [0.15, 0.2) is 0 Å². The van der Waals surface area contributed by atoms with E-state index in [4.69, 9.17) is 5.73 Å². The second kappa shape index (κ2) is 6.69. The third kappa shape index (κ3) is 5.34. The minimum atomic E-state index is -0.667. The maximum atomic E-state index is 10.2. The van der Waals surface area contributed by atoms with Crippen molar-refractivity contribution in [1.29, 1.82) is 0 Å². The second-order valence-electron chi connectivity index (χ2n) is 6.00. The highest BCUT2D eigenvalue weighted by molar-refractivity contribution is 4.86. The van der Waals surface area contributed by atoms with Gasteiger partial charge < -0.3 is 21.1 Å². The monoisotopic (exact) mass is 243 g/mol. The summed E-state index contributed by atoms with van der Waals surface area (Å²) in [4.78, 5) is 2.02. The van der Waals surface area contributed by atoms with E-state index in [1.807, 2.05) is 25.9 Å². The largest absolute Gasteiger partial charge is 0.388 e. The Bertz CT molecular complexity index is 219. The fraction of sp³-hybridized carbons (Fsp3) is 1.00. The first-order chi connectivity index (χ1) is 7.94. The van der Waals surface area contributed by atoms with Crippen molar-refractivity contribution in [2.24, 2.45) is 11.7 Å². The molecule has 1 aliphatic rings. The predicted molar refractivity (Wildman–Crippen MR) is 72.0 cm³/mol. The number of nitrogens with two attached hydrogens (primary N) is 1. The minimum Gasteiger partial charge on any atom is -0.388 e. The van der Waals surface area contributed by atoms with Crippen LogP contribution in [-0.4, -0.2) is 55.4 Å². The Hall–Kier alpha value is -0.160. The SMILES string of the molecule is CN(C)CC(C)(O)CNC1CCCCC1CN. The Balaban J connectivity index is 2.37. The molecule has 1 rings (SSSR count). The summed E-state index contributed by atoms with van der Waals surface area (Å²) in [5, 5.41) is 13.8. The maximum absolute atomic E-state index is 10.2. The van der Waals surface area contributed by atoms with Crippen LogP contribution < -0.4 is 11.1 Å². The zero-order chi connectivity index (χ0) is 12.9. The lowest BCUT2D eigenvalue weighted by Crippen LogP contribution is -2.51. The highest BCUT2D eigenvalue weighted by atomic mass is 16.3. The molecule has 0 aromatic carbocycles. The maximum Gasteiger partial charge on any atom is 0.0869 e. The van der Waals surface area contributed by atoms with Gasteiger partial charge in [-0.15, -0.1) is 0 Å². The van der Waals surface area contributed by atoms with E-state index in [0.29, 0.717) is 25.0 Å². The van der Waals surface area contributed by atoms with E-state index < -0.39 is 5.60 Å². The van der Waals surface area contributed by atoms with Gasteiger partial charge in [0, 0.05) is 19.1 Å². The van der Waals surface area contributed by atoms with Crippen LogP contribution in [0.4, 0.5) is 0 Å². The molecule has 17 heavy (non-hydrogen) atoms. The van der Waals surface area contributed by atoms with E-state index >= 15 is 0 Å². The van der Waals surface area contributed by atoms with Crippen LogP contribution in [0.25, 0.3) is 0 Å². The topological polar surface area (TPSA) is 61.5 Å². The van der Waals surface area contributed by atoms with Gasteiger partial charge in [0.2, 0.25) is 0 Å². The van der Waals surface area contributed by atoms with Gasteiger partial charge >= 0.3 is 0 Å². The summed E-state index contributed by atoms with van der Waals surface area (Å²) in [5.74, 6) is 0.582. The van der Waals surface area contributed by atoms with E-state index in [2.05, 4.69) is 5.32 Å². The number of nitrogens with one attached hydrogen (secondary N) is 1. The summed E-state index contributed by atoms with van der Waals surface area (Å²) in [6.45, 7) is 3.97. The second-order valence-corrected chi connectivity index (χ2v) is 6.00. The van der Waals surface area contributed by atoms with Crippen LogP contribution >= 0.6 is 0 Å². The van der Waals surface area contributed by atoms with Crippen LogP contribution in [0.3, 0.4) is 0 Å². The van der Waals surface area contributed by atoms with E-state index in [-0.39, 0.29) is 0 Å². The molecule has 3 unspecified atom stereocenters. The number of likely N-dealkylation sites (N-methyl/N-ethyl adjacent to an activating group) is 1. The van der Waals surface area contributed by atoms with Gasteiger partial charge in [0.25, 0.3) is 0 Å². The molecule has 0 heterocycles. The molecule has 0 spiro atoms. The molecule has 4 heteroatoms. The molecule has 0 amide bonds. The van der Waals surface area contributed by atoms with Crippen LogP contribution in [0, 0.1) is 5.92 Å². The number of hydrogen-bond donors (Lipinski definition) is 3. The van der Waals surface area contributed by atoms with Gasteiger partial charge in [0.05, 0.1) is 5.60 Å². The molecule has 3 atom stereocenters. The standard InChI is InChI=1S/C13H29N3O/c1-13(17,10-16(2)3)9-15-12-7-5-4-6-11(12)8-14/h11-12,15,17H,4-10,14H2,1-3H3. The molecule has 1 aliphatic carbocycles. The number of hydrogen-bond acceptors (Lipinski definition) is 4. The molecule has 0 bridgehead atoms. The van der Waals surface area contributed by atoms with Crippen molar-refractivity contribution in [3.8, 4) is 0 Å². The van der Waals surface area contributed by atoms with Crippen LogP contribution in [-0.2, 0) is 0 Å². The zero-order valence-electron chi connectivity index (χ0n) is 11.6. The highest BCUT2D eigenvalue weighted by Gasteiger charge is 2.27. The number of nitrogens with zero attached hydrogens (tertiary/aromatic N) is 1. The van der Waals surface area contributed by atoms with Crippen molar-refractivity contribution in [2.75, 3.05) is 33.7 Å². The quantitative estimate of drug-likeness (QED) is 0.632. The smallest absolute Gasteiger partial charge is 0.0869 e. The van der Waals surface area contributed by atoms with Crippen LogP contribution in [0.5, 0.6) is 0 Å². The molecule has 4 nitrogen and oxygen atoms in total. The molecular weight excluding hydrogens is 214 g/mol. The first-order valence-electron chi connectivity index (χ1n) is 6.75. The average molecular weight is 243 g/mol. The third-order valence-corrected chi connectivity index (χ3v) is 3.61. The van der Waals surface area contributed by atoms with Gasteiger partial charge in [-0.2, -0.15) is 0 Å². The van der Waals surface area contributed by atoms with Gasteiger partial charge in [-0.3, -0.25) is 0 Å². The van der Waals surface area contributed by atoms with Crippen LogP contribution in [0.2, 0.25) is 0 Å². The number of aliphatic hydroxyl groups is 1. The van der Waals surface area contributed by atoms with E-state index in [9.17, 15) is 5.11 Å². The van der Waals surface area contributed by atoms with Crippen molar-refractivity contribution in [3.05, 3.63) is 0 Å². The van der Waals surface area contributed by atoms with E-state index in [0.717, 1.165) is 6.54 Å². The van der Waals surface area contributed by atoms with E-state index in [1.54, 1.807) is 0 Å². The molecule has 4 N–H and O–H groups in total. The Labute approximate surface area is 106 Å². The molecule has 102 valence electrons. The van der Waals surface area contributed by atoms with Crippen molar-refractivity contribution in [3.63, 3.8) is 0 Å². The average Bonchev–Trinajstić information content (AvgIpc) is 2.25. The van der Waals surface area contributed by atoms with Gasteiger partial charge in [-0.1, -0.05) is 12.8 Å². The molecular formula is C13H29N3O. The molecule has 1 saturated carbocycles. The Kier molecular flexibility index (Phi) is 5.86. The summed E-state index contributed by atoms with van der Waals surface area (Å²) in [6.07, 6.45) is 5.00. The fourth-order valence-electron chi connectivity index (χ4n) is 2.85. The van der Waals surface area contributed by atoms with Gasteiger partial charge in [0.1, 0.15) is 0 Å². The minimum absolute atomic E-state index is 0.488. The van der Waals surface area contributed by atoms with Crippen LogP contribution in [0.15, 0.2) is 0 Å². The molecule has 0 radical (unpaired) electrons. The Morgan fingerprint density at radius 1 is 1.35 bits per heavy atom. The molecule has 0 aliphatic heterocycles. The Morgan fingerprint density at radius 3 is 2.59 bits per heavy atom. The molecule has 1 fully saturated rings. The lowest BCUT2D eigenvalue weighted by atomic mass is 9.84. The van der Waals surface area contributed by atoms with Crippen molar-refractivity contribution < 1.29 is 5.11 Å². The molecule has 0 aromatic heterocycles. The van der Waals surface area contributed by atoms with Gasteiger partial charge in [-0.25, -0.2) is 0 Å². The summed E-state index contributed by atoms with van der Waals surface area (Å²) >= 11 is 0.